The zero-order valence-electron chi connectivity index (χ0n) is 36.8. The summed E-state index contributed by atoms with van der Waals surface area (Å²) in [5.41, 5.74) is 4.05. The van der Waals surface area contributed by atoms with Crippen molar-refractivity contribution in [3.8, 4) is 0 Å². The first-order chi connectivity index (χ1) is 29.2. The van der Waals surface area contributed by atoms with Crippen LogP contribution in [0.3, 0.4) is 0 Å². The number of non-ortho nitro benzene ring substituents is 3. The van der Waals surface area contributed by atoms with Crippen molar-refractivity contribution in [3.05, 3.63) is 102 Å². The summed E-state index contributed by atoms with van der Waals surface area (Å²) < 4.78 is 79.9. The van der Waals surface area contributed by atoms with E-state index >= 15 is 0 Å². The van der Waals surface area contributed by atoms with Crippen LogP contribution in [-0.2, 0) is 141 Å². The SMILES string of the molecule is Cc1[c-]c([N+](=O)[O-])ccc1N(CCBr)CCOS(C)(=O)=O.Cc1cc([N+](=O)[O-])[c-]cc1N(CCBr)CCOS(C)(=O)=O.Cc1cc([N+](=O)[O-])c[c-]c1N(CCBr)CCOS(C)(=O)=O.[Y].[Y].[Y]. The smallest absolute Gasteiger partial charge is 0.264 e. The number of hydrogen-bond acceptors (Lipinski definition) is 18. The van der Waals surface area contributed by atoms with Gasteiger partial charge in [0.2, 0.25) is 0 Å². The Labute approximate surface area is 487 Å². The van der Waals surface area contributed by atoms with Gasteiger partial charge >= 0.3 is 0 Å². The van der Waals surface area contributed by atoms with Gasteiger partial charge in [0.15, 0.2) is 17.1 Å². The summed E-state index contributed by atoms with van der Waals surface area (Å²) in [6.07, 6.45) is 2.98. The third-order valence-electron chi connectivity index (χ3n) is 7.95. The normalized spacial score (nSPS) is 10.9. The number of nitrogens with zero attached hydrogens (tertiary/aromatic N) is 6. The summed E-state index contributed by atoms with van der Waals surface area (Å²) in [4.78, 5) is 36.3. The molecule has 3 radical (unpaired) electrons. The van der Waals surface area contributed by atoms with Gasteiger partial charge < -0.3 is 14.7 Å². The number of halogens is 3. The van der Waals surface area contributed by atoms with Gasteiger partial charge in [-0.2, -0.15) is 31.3 Å². The van der Waals surface area contributed by atoms with Crippen LogP contribution in [-0.4, -0.2) is 134 Å². The number of aryl methyl sites for hydroxylation is 3. The summed E-state index contributed by atoms with van der Waals surface area (Å²) in [6.45, 7) is 8.14. The van der Waals surface area contributed by atoms with Crippen LogP contribution in [0.15, 0.2) is 36.4 Å². The predicted molar refractivity (Wildman–Crippen MR) is 250 cm³/mol. The molecule has 3 rings (SSSR count). The van der Waals surface area contributed by atoms with E-state index in [0.29, 0.717) is 72.1 Å². The average Bonchev–Trinajstić information content (AvgIpc) is 3.16. The Morgan fingerprint density at radius 2 is 0.985 bits per heavy atom. The van der Waals surface area contributed by atoms with Gasteiger partial charge in [-0.1, -0.05) is 122 Å². The van der Waals surface area contributed by atoms with Crippen molar-refractivity contribution in [3.63, 3.8) is 0 Å². The van der Waals surface area contributed by atoms with Crippen LogP contribution in [0, 0.1) is 69.3 Å². The summed E-state index contributed by atoms with van der Waals surface area (Å²) in [7, 11) is -10.4. The topological polar surface area (TPSA) is 269 Å². The van der Waals surface area contributed by atoms with Gasteiger partial charge in [-0.05, 0) is 0 Å². The van der Waals surface area contributed by atoms with Gasteiger partial charge in [0.05, 0.1) is 38.6 Å². The van der Waals surface area contributed by atoms with E-state index < -0.39 is 45.1 Å². The van der Waals surface area contributed by atoms with Gasteiger partial charge in [0.25, 0.3) is 30.4 Å². The largest absolute Gasteiger partial charge is 0.420 e. The maximum absolute atomic E-state index is 11.0. The Balaban J connectivity index is -0.000000882. The molecule has 0 aliphatic heterocycles. The molecule has 0 amide bonds. The average molecular weight is 1410 g/mol. The van der Waals surface area contributed by atoms with Crippen LogP contribution in [0.4, 0.5) is 34.1 Å². The molecule has 0 atom stereocenters. The third kappa shape index (κ3) is 29.2. The van der Waals surface area contributed by atoms with E-state index in [0.717, 1.165) is 35.7 Å². The Morgan fingerprint density at radius 1 is 0.561 bits per heavy atom. The molecule has 0 heterocycles. The van der Waals surface area contributed by atoms with Gasteiger partial charge in [-0.15, -0.1) is 28.8 Å². The van der Waals surface area contributed by atoms with Crippen molar-refractivity contribution < 1.29 is 151 Å². The predicted octanol–water partition coefficient (Wildman–Crippen LogP) is 5.64. The molecular formula is C36H48Br3N6O15S3Y3-3. The standard InChI is InChI=1S/3C12H16BrN2O5S.3Y/c3*1-10-9-11(15(16)17)3-4-12(10)14(6-5-13)7-8-20-21(2,18)19;;;/h4,9H,5-8H2,1-2H3;3,9H,5-8H2,1-2H3;3-4H,5-8H2,1-2H3;;;/q3*-1;;;. The van der Waals surface area contributed by atoms with Gasteiger partial charge in [0, 0.05) is 168 Å². The molecule has 66 heavy (non-hydrogen) atoms. The second-order valence-corrected chi connectivity index (χ2v) is 20.3. The van der Waals surface area contributed by atoms with Gasteiger partial charge in [0.1, 0.15) is 0 Å². The molecule has 0 saturated carbocycles. The van der Waals surface area contributed by atoms with Crippen LogP contribution in [0.2, 0.25) is 0 Å². The first-order valence-electron chi connectivity index (χ1n) is 18.2. The first kappa shape index (κ1) is 70.0. The summed E-state index contributed by atoms with van der Waals surface area (Å²) >= 11 is 9.96. The van der Waals surface area contributed by atoms with E-state index in [-0.39, 0.29) is 135 Å². The molecule has 0 unspecified atom stereocenters. The number of rotatable bonds is 24. The van der Waals surface area contributed by atoms with Crippen molar-refractivity contribution in [1.82, 2.24) is 0 Å². The fourth-order valence-corrected chi connectivity index (χ4v) is 7.75. The fraction of sp³-hybridized carbons (Fsp3) is 0.500. The van der Waals surface area contributed by atoms with Crippen molar-refractivity contribution in [1.29, 1.82) is 0 Å². The van der Waals surface area contributed by atoms with Crippen molar-refractivity contribution in [2.45, 2.75) is 20.8 Å². The monoisotopic (exact) mass is 1400 g/mol. The van der Waals surface area contributed by atoms with Crippen LogP contribution in [0.1, 0.15) is 16.7 Å². The number of benzene rings is 3. The Kier molecular flexibility index (Phi) is 37.1. The molecule has 0 bridgehead atoms. The van der Waals surface area contributed by atoms with Crippen molar-refractivity contribution >= 4 is 112 Å². The van der Waals surface area contributed by atoms with E-state index in [9.17, 15) is 55.6 Å². The van der Waals surface area contributed by atoms with E-state index in [1.807, 2.05) is 14.7 Å². The number of nitro benzene ring substituents is 3. The molecule has 0 aliphatic carbocycles. The number of hydrogen-bond donors (Lipinski definition) is 0. The minimum absolute atomic E-state index is 0. The van der Waals surface area contributed by atoms with E-state index in [4.69, 9.17) is 12.5 Å². The first-order valence-corrected chi connectivity index (χ1v) is 27.0. The Hall–Kier alpha value is -0.258. The molecule has 363 valence electrons. The Morgan fingerprint density at radius 3 is 1.35 bits per heavy atom. The summed E-state index contributed by atoms with van der Waals surface area (Å²) in [5.74, 6) is 0. The number of anilines is 3. The number of alkyl halides is 3. The van der Waals surface area contributed by atoms with Gasteiger partial charge in [-0.3, -0.25) is 42.9 Å². The summed E-state index contributed by atoms with van der Waals surface area (Å²) in [6, 6.07) is 16.9. The quantitative estimate of drug-likeness (QED) is 0.0345. The van der Waals surface area contributed by atoms with E-state index in [1.54, 1.807) is 26.8 Å². The van der Waals surface area contributed by atoms with Crippen molar-refractivity contribution in [2.24, 2.45) is 0 Å². The molecule has 0 saturated heterocycles. The second kappa shape index (κ2) is 35.0. The molecule has 0 N–H and O–H groups in total. The zero-order chi connectivity index (χ0) is 48.1. The van der Waals surface area contributed by atoms with Crippen LogP contribution in [0.25, 0.3) is 0 Å². The molecular weight excluding hydrogens is 1360 g/mol. The molecule has 0 aromatic heterocycles. The second-order valence-electron chi connectivity index (χ2n) is 13.0. The summed E-state index contributed by atoms with van der Waals surface area (Å²) in [5, 5.41) is 34.1. The molecule has 0 aliphatic rings. The molecule has 21 nitrogen and oxygen atoms in total. The number of nitro groups is 3. The van der Waals surface area contributed by atoms with E-state index in [1.165, 1.54) is 30.3 Å². The molecule has 0 fully saturated rings. The maximum Gasteiger partial charge on any atom is 0.264 e. The molecule has 30 heteroatoms. The minimum atomic E-state index is -3.48. The third-order valence-corrected chi connectivity index (χ3v) is 10.8. The maximum atomic E-state index is 11.0. The Bertz CT molecular complexity index is 2090. The molecule has 3 aromatic rings. The molecule has 0 spiro atoms. The van der Waals surface area contributed by atoms with Crippen molar-refractivity contribution in [2.75, 3.05) is 109 Å². The van der Waals surface area contributed by atoms with Crippen LogP contribution < -0.4 is 14.7 Å². The van der Waals surface area contributed by atoms with Gasteiger partial charge in [-0.25, -0.2) is 0 Å². The van der Waals surface area contributed by atoms with Crippen LogP contribution >= 0.6 is 47.8 Å². The van der Waals surface area contributed by atoms with Crippen LogP contribution in [0.5, 0.6) is 0 Å². The minimum Gasteiger partial charge on any atom is -0.420 e. The van der Waals surface area contributed by atoms with E-state index in [2.05, 4.69) is 66.0 Å². The fourth-order valence-electron chi connectivity index (χ4n) is 5.33. The zero-order valence-corrected chi connectivity index (χ0v) is 52.6. The molecule has 3 aromatic carbocycles.